The molecule has 6 nitrogen and oxygen atoms in total. The molecule has 0 aliphatic rings. The van der Waals surface area contributed by atoms with Crippen molar-refractivity contribution in [1.29, 1.82) is 0 Å². The molecule has 83 heavy (non-hydrogen) atoms. The van der Waals surface area contributed by atoms with Crippen LogP contribution in [0.4, 0.5) is 38.5 Å². The zero-order valence-electron chi connectivity index (χ0n) is 45.1. The molecule has 0 saturated carbocycles. The monoisotopic (exact) mass is 1070 g/mol. The van der Waals surface area contributed by atoms with Crippen LogP contribution in [0.15, 0.2) is 266 Å². The summed E-state index contributed by atoms with van der Waals surface area (Å²) in [7, 11) is 0. The van der Waals surface area contributed by atoms with Gasteiger partial charge in [-0.25, -0.2) is 4.39 Å². The fourth-order valence-electron chi connectivity index (χ4n) is 12.9. The molecule has 0 bridgehead atoms. The molecule has 13 aromatic carbocycles. The maximum Gasteiger partial charge on any atom is 0.178 e. The third-order valence-electron chi connectivity index (χ3n) is 16.9. The second kappa shape index (κ2) is 18.1. The van der Waals surface area contributed by atoms with Crippen molar-refractivity contribution in [2.75, 3.05) is 9.80 Å². The molecule has 4 heterocycles. The van der Waals surface area contributed by atoms with Gasteiger partial charge in [0.25, 0.3) is 0 Å². The van der Waals surface area contributed by atoms with Gasteiger partial charge in [0, 0.05) is 71.6 Å². The molecule has 0 unspecified atom stereocenters. The van der Waals surface area contributed by atoms with Gasteiger partial charge in [-0.15, -0.1) is 0 Å². The first-order valence-electron chi connectivity index (χ1n) is 28.0. The summed E-state index contributed by atoms with van der Waals surface area (Å²) in [5, 5.41) is 10.5. The van der Waals surface area contributed by atoms with Crippen LogP contribution in [0, 0.1) is 19.7 Å². The van der Waals surface area contributed by atoms with E-state index in [1.807, 2.05) is 36.4 Å². The van der Waals surface area contributed by atoms with Crippen LogP contribution in [0.25, 0.3) is 132 Å². The number of para-hydroxylation sites is 6. The first-order chi connectivity index (χ1) is 40.9. The minimum Gasteiger partial charge on any atom is -0.456 e. The van der Waals surface area contributed by atoms with Crippen LogP contribution in [0.5, 0.6) is 0 Å². The molecule has 0 aliphatic heterocycles. The number of rotatable bonds is 8. The lowest BCUT2D eigenvalue weighted by molar-refractivity contribution is 0.590. The summed E-state index contributed by atoms with van der Waals surface area (Å²) in [6.45, 7) is 4.27. The first kappa shape index (κ1) is 47.0. The summed E-state index contributed by atoms with van der Waals surface area (Å²) in [6.07, 6.45) is 0. The SMILES string of the molecule is Cc1ccccc1N(c1ccc2cc3c(cc2c1)oc1c(F)c2c(cc13)oc1cc3cc(N(c4ccccc4C)c4cccc5c4oc4c(-c6ccccc6)cccc45)ccc3cc12)c1cccc2c1oc1c(-c3ccccc3)cccc12. The van der Waals surface area contributed by atoms with E-state index in [0.717, 1.165) is 138 Å². The van der Waals surface area contributed by atoms with E-state index in [9.17, 15) is 0 Å². The second-order valence-corrected chi connectivity index (χ2v) is 21.8. The van der Waals surface area contributed by atoms with E-state index in [1.54, 1.807) is 0 Å². The minimum absolute atomic E-state index is 0.193. The molecule has 0 atom stereocenters. The number of aryl methyl sites for hydroxylation is 2. The molecule has 0 spiro atoms. The zero-order chi connectivity index (χ0) is 55.0. The zero-order valence-corrected chi connectivity index (χ0v) is 45.1. The number of anilines is 6. The van der Waals surface area contributed by atoms with Crippen LogP contribution in [0.1, 0.15) is 11.1 Å². The molecule has 392 valence electrons. The lowest BCUT2D eigenvalue weighted by Gasteiger charge is -2.27. The predicted molar refractivity (Wildman–Crippen MR) is 340 cm³/mol. The molecule has 4 aromatic heterocycles. The van der Waals surface area contributed by atoms with Crippen molar-refractivity contribution in [3.8, 4) is 22.3 Å². The van der Waals surface area contributed by atoms with E-state index in [-0.39, 0.29) is 5.58 Å². The molecule has 0 fully saturated rings. The van der Waals surface area contributed by atoms with Gasteiger partial charge in [-0.05, 0) is 137 Å². The highest BCUT2D eigenvalue weighted by Crippen LogP contribution is 2.49. The van der Waals surface area contributed by atoms with Gasteiger partial charge in [-0.2, -0.15) is 0 Å². The average Bonchev–Trinajstić information content (AvgIpc) is 2.54. The Bertz CT molecular complexity index is 5290. The summed E-state index contributed by atoms with van der Waals surface area (Å²) in [6, 6.07) is 86.1. The number of halogens is 1. The quantitative estimate of drug-likeness (QED) is 0.151. The van der Waals surface area contributed by atoms with Crippen molar-refractivity contribution in [2.45, 2.75) is 13.8 Å². The summed E-state index contributed by atoms with van der Waals surface area (Å²) in [5.74, 6) is -0.451. The normalized spacial score (nSPS) is 12.0. The van der Waals surface area contributed by atoms with Crippen LogP contribution < -0.4 is 9.80 Å². The third-order valence-corrected chi connectivity index (χ3v) is 16.9. The van der Waals surface area contributed by atoms with Gasteiger partial charge in [0.1, 0.15) is 27.9 Å². The summed E-state index contributed by atoms with van der Waals surface area (Å²) >= 11 is 0. The number of nitrogens with zero attached hydrogens (tertiary/aromatic N) is 2. The van der Waals surface area contributed by atoms with Gasteiger partial charge in [-0.3, -0.25) is 0 Å². The Morgan fingerprint density at radius 1 is 0.289 bits per heavy atom. The molecule has 7 heteroatoms. The van der Waals surface area contributed by atoms with Gasteiger partial charge in [-0.1, -0.05) is 170 Å². The first-order valence-corrected chi connectivity index (χ1v) is 28.0. The van der Waals surface area contributed by atoms with E-state index in [4.69, 9.17) is 17.7 Å². The van der Waals surface area contributed by atoms with Crippen LogP contribution in [0.2, 0.25) is 0 Å². The molecule has 0 radical (unpaired) electrons. The molecular formula is C76H47FN2O4. The van der Waals surface area contributed by atoms with Gasteiger partial charge in [0.15, 0.2) is 22.6 Å². The van der Waals surface area contributed by atoms with Crippen molar-refractivity contribution in [1.82, 2.24) is 0 Å². The second-order valence-electron chi connectivity index (χ2n) is 21.8. The fourth-order valence-corrected chi connectivity index (χ4v) is 12.9. The smallest absolute Gasteiger partial charge is 0.178 e. The highest BCUT2D eigenvalue weighted by molar-refractivity contribution is 6.20. The summed E-state index contributed by atoms with van der Waals surface area (Å²) in [5.41, 5.74) is 17.4. The maximum atomic E-state index is 17.5. The topological polar surface area (TPSA) is 59.0 Å². The van der Waals surface area contributed by atoms with Crippen LogP contribution in [-0.2, 0) is 0 Å². The molecule has 0 amide bonds. The summed E-state index contributed by atoms with van der Waals surface area (Å²) in [4.78, 5) is 4.55. The van der Waals surface area contributed by atoms with E-state index in [1.165, 1.54) is 0 Å². The molecule has 0 saturated heterocycles. The van der Waals surface area contributed by atoms with E-state index in [2.05, 4.69) is 236 Å². The maximum absolute atomic E-state index is 17.5. The van der Waals surface area contributed by atoms with E-state index >= 15 is 4.39 Å². The Labute approximate surface area is 474 Å². The number of fused-ring (bicyclic) bond motifs is 14. The third kappa shape index (κ3) is 7.21. The van der Waals surface area contributed by atoms with Crippen molar-refractivity contribution in [3.05, 3.63) is 266 Å². The van der Waals surface area contributed by atoms with Crippen LogP contribution in [-0.4, -0.2) is 0 Å². The van der Waals surface area contributed by atoms with E-state index in [0.29, 0.717) is 32.9 Å². The highest BCUT2D eigenvalue weighted by atomic mass is 19.1. The van der Waals surface area contributed by atoms with Gasteiger partial charge in [0.05, 0.1) is 16.8 Å². The Hall–Kier alpha value is -10.9. The number of hydrogen-bond donors (Lipinski definition) is 0. The van der Waals surface area contributed by atoms with E-state index < -0.39 is 5.82 Å². The molecule has 17 aromatic rings. The van der Waals surface area contributed by atoms with Crippen LogP contribution >= 0.6 is 0 Å². The van der Waals surface area contributed by atoms with Crippen molar-refractivity contribution >= 4 is 143 Å². The Balaban J connectivity index is 0.774. The van der Waals surface area contributed by atoms with Gasteiger partial charge in [0.2, 0.25) is 0 Å². The molecule has 17 rings (SSSR count). The Kier molecular flexibility index (Phi) is 10.2. The number of benzene rings is 13. The van der Waals surface area contributed by atoms with Crippen molar-refractivity contribution in [3.63, 3.8) is 0 Å². The van der Waals surface area contributed by atoms with Gasteiger partial charge >= 0.3 is 0 Å². The van der Waals surface area contributed by atoms with Crippen molar-refractivity contribution in [2.24, 2.45) is 0 Å². The fraction of sp³-hybridized carbons (Fsp3) is 0.0263. The Morgan fingerprint density at radius 3 is 1.25 bits per heavy atom. The summed E-state index contributed by atoms with van der Waals surface area (Å²) < 4.78 is 44.7. The average molecular weight is 1070 g/mol. The minimum atomic E-state index is -0.451. The largest absolute Gasteiger partial charge is 0.456 e. The lowest BCUT2D eigenvalue weighted by atomic mass is 10.0. The van der Waals surface area contributed by atoms with Crippen LogP contribution in [0.3, 0.4) is 0 Å². The highest BCUT2D eigenvalue weighted by Gasteiger charge is 2.26. The standard InChI is InChI=1S/C76H47FN2O4/c1-44-17-9-11-29-63(44)78(65-31-15-27-58-56-25-13-23-54(72(56)82-74(58)65)46-19-5-3-6-20-46)52-35-33-48-39-60-61-43-69-70(71(77)76(61)81-67(60)41-50(48)37-52)62-40-49-34-36-53(38-51(49)42-68(62)80-69)79(64-30-12-10-18-45(64)2)66-32-16-28-59-57-26-14-24-55(73(57)83-75(59)66)47-21-7-4-8-22-47/h3-43H,1-2H3. The lowest BCUT2D eigenvalue weighted by Crippen LogP contribution is -2.11. The predicted octanol–water partition coefficient (Wildman–Crippen LogP) is 22.6. The Morgan fingerprint density at radius 2 is 0.735 bits per heavy atom. The molecule has 0 N–H and O–H groups in total. The number of hydrogen-bond acceptors (Lipinski definition) is 6. The van der Waals surface area contributed by atoms with Gasteiger partial charge < -0.3 is 27.5 Å². The molecular weight excluding hydrogens is 1020 g/mol. The number of furan rings is 4. The molecule has 0 aliphatic carbocycles. The van der Waals surface area contributed by atoms with Crippen molar-refractivity contribution < 1.29 is 22.1 Å².